The van der Waals surface area contributed by atoms with E-state index in [1.807, 2.05) is 30.3 Å². The van der Waals surface area contributed by atoms with E-state index in [0.717, 1.165) is 58.9 Å². The molecule has 0 spiro atoms. The fraction of sp³-hybridized carbons (Fsp3) is 0.300. The zero-order chi connectivity index (χ0) is 38.0. The lowest BCUT2D eigenvalue weighted by Gasteiger charge is -2.34. The summed E-state index contributed by atoms with van der Waals surface area (Å²) >= 11 is 25.7. The van der Waals surface area contributed by atoms with Crippen molar-refractivity contribution in [1.82, 2.24) is 39.1 Å². The zero-order valence-electron chi connectivity index (χ0n) is 30.0. The fourth-order valence-electron chi connectivity index (χ4n) is 6.51. The molecule has 0 bridgehead atoms. The molecule has 0 radical (unpaired) electrons. The lowest BCUT2D eigenvalue weighted by molar-refractivity contribution is 0.129. The van der Waals surface area contributed by atoms with Crippen LogP contribution in [0.4, 0.5) is 0 Å². The Morgan fingerprint density at radius 1 is 0.593 bits per heavy atom. The van der Waals surface area contributed by atoms with Gasteiger partial charge in [-0.15, -0.1) is 0 Å². The van der Waals surface area contributed by atoms with Crippen LogP contribution in [-0.4, -0.2) is 92.7 Å². The second kappa shape index (κ2) is 19.2. The van der Waals surface area contributed by atoms with E-state index >= 15 is 0 Å². The standard InChI is InChI=1S/C21H24Cl2N4O.C19H18Cl2N4O/c1-2-25-12-14-26(15-13-25)16-19-24-11-6-4-3-5-10-20(28)27(19)21-17(22)8-7-9-18(21)23;20-14-5-3-6-15(21)18(14)25-17(12-24-10-8-22-9-11-24)23-16-7-2-1-4-13(16)19(25)26/h3-11H,2,12-16H2,1H3;1-7,22H,8-12H2. The summed E-state index contributed by atoms with van der Waals surface area (Å²) in [5.74, 6) is 1.24. The molecule has 2 aliphatic rings. The Balaban J connectivity index is 0.000000185. The van der Waals surface area contributed by atoms with Crippen LogP contribution in [0, 0.1) is 0 Å². The van der Waals surface area contributed by atoms with Gasteiger partial charge in [0.15, 0.2) is 0 Å². The second-order valence-electron chi connectivity index (χ2n) is 12.9. The predicted molar refractivity (Wildman–Crippen MR) is 220 cm³/mol. The maximum Gasteiger partial charge on any atom is 0.266 e. The van der Waals surface area contributed by atoms with Crippen LogP contribution in [0.5, 0.6) is 0 Å². The summed E-state index contributed by atoms with van der Waals surface area (Å²) in [6.45, 7) is 11.8. The number of piperazine rings is 2. The normalized spacial score (nSPS) is 15.4. The number of fused-ring (bicyclic) bond motifs is 1. The molecule has 54 heavy (non-hydrogen) atoms. The Morgan fingerprint density at radius 2 is 1.13 bits per heavy atom. The van der Waals surface area contributed by atoms with Gasteiger partial charge in [0.05, 0.1) is 55.5 Å². The van der Waals surface area contributed by atoms with Gasteiger partial charge in [0, 0.05) is 64.6 Å². The first-order valence-electron chi connectivity index (χ1n) is 17.9. The number of aromatic nitrogens is 4. The third-order valence-electron chi connectivity index (χ3n) is 9.38. The molecule has 2 saturated heterocycles. The average molecular weight is 809 g/mol. The molecule has 2 aromatic heterocycles. The number of nitrogens with zero attached hydrogens (tertiary/aromatic N) is 7. The first-order chi connectivity index (χ1) is 26.2. The van der Waals surface area contributed by atoms with Crippen molar-refractivity contribution in [2.75, 3.05) is 58.9 Å². The second-order valence-corrected chi connectivity index (χ2v) is 14.5. The molecule has 0 atom stereocenters. The Hall–Kier alpha value is -3.84. The van der Waals surface area contributed by atoms with Gasteiger partial charge >= 0.3 is 0 Å². The summed E-state index contributed by atoms with van der Waals surface area (Å²) in [5.41, 5.74) is 1.24. The van der Waals surface area contributed by atoms with E-state index < -0.39 is 0 Å². The fourth-order valence-corrected chi connectivity index (χ4v) is 7.64. The minimum Gasteiger partial charge on any atom is -0.314 e. The van der Waals surface area contributed by atoms with Gasteiger partial charge in [0.1, 0.15) is 11.6 Å². The number of likely N-dealkylation sites (N-methyl/N-ethyl adjacent to an activating group) is 1. The van der Waals surface area contributed by atoms with Crippen LogP contribution in [0.1, 0.15) is 18.6 Å². The Bertz CT molecular complexity index is 2210. The van der Waals surface area contributed by atoms with Gasteiger partial charge < -0.3 is 10.2 Å². The number of rotatable bonds is 7. The van der Waals surface area contributed by atoms with Crippen molar-refractivity contribution in [2.24, 2.45) is 0 Å². The molecular weight excluding hydrogens is 766 g/mol. The highest BCUT2D eigenvalue weighted by Crippen LogP contribution is 2.30. The number of nitrogens with one attached hydrogen (secondary N) is 1. The van der Waals surface area contributed by atoms with Crippen LogP contribution in [0.15, 0.2) is 107 Å². The molecule has 2 fully saturated rings. The van der Waals surface area contributed by atoms with Gasteiger partial charge in [-0.25, -0.2) is 9.97 Å². The van der Waals surface area contributed by atoms with E-state index in [1.165, 1.54) is 10.6 Å². The third kappa shape index (κ3) is 9.69. The van der Waals surface area contributed by atoms with Crippen molar-refractivity contribution >= 4 is 57.3 Å². The van der Waals surface area contributed by atoms with Crippen molar-refractivity contribution in [3.8, 4) is 11.4 Å². The molecule has 5 aromatic rings. The van der Waals surface area contributed by atoms with Crippen LogP contribution in [0.3, 0.4) is 0 Å². The summed E-state index contributed by atoms with van der Waals surface area (Å²) in [4.78, 5) is 42.7. The predicted octanol–water partition coefficient (Wildman–Crippen LogP) is 6.90. The summed E-state index contributed by atoms with van der Waals surface area (Å²) in [5, 5.41) is 5.56. The van der Waals surface area contributed by atoms with Gasteiger partial charge in [-0.2, -0.15) is 0 Å². The third-order valence-corrected chi connectivity index (χ3v) is 10.6. The number of hydrogen-bond acceptors (Lipinski definition) is 8. The molecule has 7 rings (SSSR count). The molecular formula is C40H42Cl4N8O2. The van der Waals surface area contributed by atoms with Crippen LogP contribution >= 0.6 is 46.4 Å². The molecule has 1 N–H and O–H groups in total. The highest BCUT2D eigenvalue weighted by atomic mass is 35.5. The van der Waals surface area contributed by atoms with Crippen molar-refractivity contribution in [3.05, 3.63) is 150 Å². The molecule has 0 amide bonds. The zero-order valence-corrected chi connectivity index (χ0v) is 33.0. The smallest absolute Gasteiger partial charge is 0.266 e. The summed E-state index contributed by atoms with van der Waals surface area (Å²) in [6, 6.07) is 26.5. The van der Waals surface area contributed by atoms with Crippen molar-refractivity contribution in [2.45, 2.75) is 20.0 Å². The highest BCUT2D eigenvalue weighted by molar-refractivity contribution is 6.38. The minimum atomic E-state index is -0.235. The number of benzene rings is 3. The van der Waals surface area contributed by atoms with Gasteiger partial charge in [0.25, 0.3) is 11.1 Å². The number of para-hydroxylation sites is 3. The van der Waals surface area contributed by atoms with Gasteiger partial charge in [-0.3, -0.25) is 28.5 Å². The summed E-state index contributed by atoms with van der Waals surface area (Å²) in [6.07, 6.45) is 1.69. The lowest BCUT2D eigenvalue weighted by atomic mass is 10.2. The quantitative estimate of drug-likeness (QED) is 0.190. The van der Waals surface area contributed by atoms with Crippen molar-refractivity contribution < 1.29 is 0 Å². The van der Waals surface area contributed by atoms with Crippen LogP contribution in [0.25, 0.3) is 22.3 Å². The lowest BCUT2D eigenvalue weighted by Crippen LogP contribution is -2.46. The molecule has 4 heterocycles. The van der Waals surface area contributed by atoms with E-state index in [4.69, 9.17) is 51.4 Å². The molecule has 0 aliphatic carbocycles. The van der Waals surface area contributed by atoms with Gasteiger partial charge in [0.2, 0.25) is 0 Å². The van der Waals surface area contributed by atoms with Crippen LogP contribution < -0.4 is 16.4 Å². The average Bonchev–Trinajstić information content (AvgIpc) is 3.17. The first kappa shape index (κ1) is 39.8. The molecule has 282 valence electrons. The van der Waals surface area contributed by atoms with E-state index in [2.05, 4.69) is 31.9 Å². The Morgan fingerprint density at radius 3 is 1.78 bits per heavy atom. The number of halogens is 4. The first-order valence-corrected chi connectivity index (χ1v) is 19.4. The van der Waals surface area contributed by atoms with Crippen LogP contribution in [-0.2, 0) is 13.1 Å². The highest BCUT2D eigenvalue weighted by Gasteiger charge is 2.21. The molecule has 0 saturated carbocycles. The van der Waals surface area contributed by atoms with Gasteiger partial charge in [-0.05, 0) is 49.0 Å². The summed E-state index contributed by atoms with van der Waals surface area (Å²) in [7, 11) is 0. The number of hydrogen-bond donors (Lipinski definition) is 1. The summed E-state index contributed by atoms with van der Waals surface area (Å²) < 4.78 is 3.09. The van der Waals surface area contributed by atoms with E-state index in [9.17, 15) is 9.59 Å². The molecule has 2 aliphatic heterocycles. The molecule has 0 unspecified atom stereocenters. The van der Waals surface area contributed by atoms with Gasteiger partial charge in [-0.1, -0.05) is 95.8 Å². The Kier molecular flexibility index (Phi) is 14.1. The molecule has 10 nitrogen and oxygen atoms in total. The Labute approximate surface area is 334 Å². The van der Waals surface area contributed by atoms with Crippen LogP contribution in [0.2, 0.25) is 20.1 Å². The van der Waals surface area contributed by atoms with E-state index in [-0.39, 0.29) is 11.1 Å². The van der Waals surface area contributed by atoms with Crippen molar-refractivity contribution in [3.63, 3.8) is 0 Å². The molecule has 14 heteroatoms. The SMILES string of the molecule is CCN1CCN(Cc2nccccccc(=O)n2-c2c(Cl)cccc2Cl)CC1.O=c1c2ccccc2nc(CN2CCNCC2)n1-c1c(Cl)cccc1Cl. The minimum absolute atomic E-state index is 0.157. The maximum atomic E-state index is 13.3. The molecule has 3 aromatic carbocycles. The van der Waals surface area contributed by atoms with E-state index in [0.29, 0.717) is 67.1 Å². The van der Waals surface area contributed by atoms with Crippen molar-refractivity contribution in [1.29, 1.82) is 0 Å². The van der Waals surface area contributed by atoms with E-state index in [1.54, 1.807) is 65.4 Å². The monoisotopic (exact) mass is 806 g/mol. The largest absolute Gasteiger partial charge is 0.314 e. The maximum absolute atomic E-state index is 13.3. The topological polar surface area (TPSA) is 91.5 Å².